The quantitative estimate of drug-likeness (QED) is 0.609. The van der Waals surface area contributed by atoms with Crippen molar-refractivity contribution >= 4 is 0 Å². The second kappa shape index (κ2) is 3.42. The standard InChI is InChI=1S/C8H14N2/c1-8-4-2-3-6-10(8)7-5-9/h2-4H,5-7,9H2,1H3. The summed E-state index contributed by atoms with van der Waals surface area (Å²) in [5.74, 6) is 0. The highest BCUT2D eigenvalue weighted by Crippen LogP contribution is 2.06. The molecule has 0 unspecified atom stereocenters. The summed E-state index contributed by atoms with van der Waals surface area (Å²) in [6.07, 6.45) is 6.34. The van der Waals surface area contributed by atoms with Crippen LogP contribution in [0.3, 0.4) is 0 Å². The summed E-state index contributed by atoms with van der Waals surface area (Å²) in [6.45, 7) is 4.82. The molecule has 10 heavy (non-hydrogen) atoms. The van der Waals surface area contributed by atoms with Crippen molar-refractivity contribution in [2.45, 2.75) is 6.92 Å². The molecule has 0 fully saturated rings. The van der Waals surface area contributed by atoms with Crippen molar-refractivity contribution in [3.8, 4) is 0 Å². The number of hydrogen-bond donors (Lipinski definition) is 1. The van der Waals surface area contributed by atoms with E-state index in [2.05, 4.69) is 30.1 Å². The topological polar surface area (TPSA) is 29.3 Å². The lowest BCUT2D eigenvalue weighted by atomic mass is 10.2. The van der Waals surface area contributed by atoms with Crippen molar-refractivity contribution in [1.29, 1.82) is 0 Å². The number of allylic oxidation sites excluding steroid dienone is 3. The molecular formula is C8H14N2. The van der Waals surface area contributed by atoms with Gasteiger partial charge in [0.2, 0.25) is 0 Å². The average molecular weight is 138 g/mol. The molecule has 1 aliphatic heterocycles. The summed E-state index contributed by atoms with van der Waals surface area (Å²) in [6, 6.07) is 0. The van der Waals surface area contributed by atoms with Gasteiger partial charge in [0.1, 0.15) is 0 Å². The molecule has 1 aliphatic rings. The van der Waals surface area contributed by atoms with Crippen LogP contribution in [-0.2, 0) is 0 Å². The van der Waals surface area contributed by atoms with Crippen LogP contribution in [0.4, 0.5) is 0 Å². The molecule has 0 aromatic carbocycles. The second-order valence-corrected chi connectivity index (χ2v) is 2.47. The lowest BCUT2D eigenvalue weighted by Crippen LogP contribution is -2.29. The van der Waals surface area contributed by atoms with Crippen molar-refractivity contribution in [1.82, 2.24) is 4.90 Å². The van der Waals surface area contributed by atoms with Crippen LogP contribution in [0.2, 0.25) is 0 Å². The lowest BCUT2D eigenvalue weighted by molar-refractivity contribution is 0.387. The molecule has 0 saturated carbocycles. The fourth-order valence-corrected chi connectivity index (χ4v) is 1.07. The van der Waals surface area contributed by atoms with Crippen LogP contribution in [0.5, 0.6) is 0 Å². The molecule has 0 spiro atoms. The van der Waals surface area contributed by atoms with Gasteiger partial charge in [-0.05, 0) is 13.0 Å². The van der Waals surface area contributed by atoms with Crippen LogP contribution in [-0.4, -0.2) is 24.5 Å². The first-order valence-electron chi connectivity index (χ1n) is 3.63. The summed E-state index contributed by atoms with van der Waals surface area (Å²) in [7, 11) is 0. The highest BCUT2D eigenvalue weighted by atomic mass is 15.1. The number of nitrogens with zero attached hydrogens (tertiary/aromatic N) is 1. The minimum Gasteiger partial charge on any atom is -0.370 e. The van der Waals surface area contributed by atoms with E-state index in [1.54, 1.807) is 0 Å². The molecule has 2 heteroatoms. The maximum atomic E-state index is 5.43. The monoisotopic (exact) mass is 138 g/mol. The molecule has 0 bridgehead atoms. The van der Waals surface area contributed by atoms with Gasteiger partial charge in [-0.3, -0.25) is 0 Å². The summed E-state index contributed by atoms with van der Waals surface area (Å²) >= 11 is 0. The SMILES string of the molecule is CC1=CC=CCN1CCN. The molecule has 1 heterocycles. The van der Waals surface area contributed by atoms with Gasteiger partial charge in [0.25, 0.3) is 0 Å². The Balaban J connectivity index is 2.47. The van der Waals surface area contributed by atoms with E-state index in [1.807, 2.05) is 0 Å². The number of hydrogen-bond acceptors (Lipinski definition) is 2. The molecule has 0 aliphatic carbocycles. The van der Waals surface area contributed by atoms with Crippen molar-refractivity contribution in [3.63, 3.8) is 0 Å². The third-order valence-corrected chi connectivity index (χ3v) is 1.70. The van der Waals surface area contributed by atoms with Crippen LogP contribution in [0.25, 0.3) is 0 Å². The maximum absolute atomic E-state index is 5.43. The zero-order valence-electron chi connectivity index (χ0n) is 6.38. The van der Waals surface area contributed by atoms with E-state index in [0.717, 1.165) is 19.6 Å². The summed E-state index contributed by atoms with van der Waals surface area (Å²) in [4.78, 5) is 2.26. The van der Waals surface area contributed by atoms with E-state index in [4.69, 9.17) is 5.73 Å². The van der Waals surface area contributed by atoms with E-state index >= 15 is 0 Å². The van der Waals surface area contributed by atoms with Crippen LogP contribution >= 0.6 is 0 Å². The first-order chi connectivity index (χ1) is 4.84. The van der Waals surface area contributed by atoms with Gasteiger partial charge >= 0.3 is 0 Å². The predicted molar refractivity (Wildman–Crippen MR) is 43.5 cm³/mol. The Morgan fingerprint density at radius 1 is 1.70 bits per heavy atom. The molecule has 56 valence electrons. The predicted octanol–water partition coefficient (Wildman–Crippen LogP) is 0.721. The van der Waals surface area contributed by atoms with E-state index in [1.165, 1.54) is 5.70 Å². The first-order valence-corrected chi connectivity index (χ1v) is 3.63. The fraction of sp³-hybridized carbons (Fsp3) is 0.500. The van der Waals surface area contributed by atoms with Gasteiger partial charge in [0.05, 0.1) is 0 Å². The minimum atomic E-state index is 0.735. The zero-order chi connectivity index (χ0) is 7.40. The molecular weight excluding hydrogens is 124 g/mol. The third-order valence-electron chi connectivity index (χ3n) is 1.70. The second-order valence-electron chi connectivity index (χ2n) is 2.47. The highest BCUT2D eigenvalue weighted by Gasteiger charge is 2.02. The largest absolute Gasteiger partial charge is 0.370 e. The molecule has 0 aromatic rings. The smallest absolute Gasteiger partial charge is 0.0360 e. The van der Waals surface area contributed by atoms with Gasteiger partial charge < -0.3 is 10.6 Å². The maximum Gasteiger partial charge on any atom is 0.0360 e. The van der Waals surface area contributed by atoms with Gasteiger partial charge in [-0.15, -0.1) is 0 Å². The van der Waals surface area contributed by atoms with E-state index in [9.17, 15) is 0 Å². The van der Waals surface area contributed by atoms with Crippen LogP contribution < -0.4 is 5.73 Å². The Kier molecular flexibility index (Phi) is 2.51. The number of rotatable bonds is 2. The Bertz CT molecular complexity index is 159. The van der Waals surface area contributed by atoms with Crippen LogP contribution in [0.1, 0.15) is 6.92 Å². The fourth-order valence-electron chi connectivity index (χ4n) is 1.07. The summed E-state index contributed by atoms with van der Waals surface area (Å²) < 4.78 is 0. The van der Waals surface area contributed by atoms with Gasteiger partial charge in [-0.25, -0.2) is 0 Å². The first kappa shape index (κ1) is 7.35. The molecule has 2 nitrogen and oxygen atoms in total. The highest BCUT2D eigenvalue weighted by molar-refractivity contribution is 5.15. The van der Waals surface area contributed by atoms with Crippen LogP contribution in [0.15, 0.2) is 23.9 Å². The van der Waals surface area contributed by atoms with Gasteiger partial charge in [0.15, 0.2) is 0 Å². The van der Waals surface area contributed by atoms with Crippen molar-refractivity contribution < 1.29 is 0 Å². The Morgan fingerprint density at radius 2 is 2.50 bits per heavy atom. The van der Waals surface area contributed by atoms with Crippen molar-refractivity contribution in [2.24, 2.45) is 5.73 Å². The Morgan fingerprint density at radius 3 is 3.10 bits per heavy atom. The Hall–Kier alpha value is -0.760. The molecule has 0 amide bonds. The zero-order valence-corrected chi connectivity index (χ0v) is 6.38. The third kappa shape index (κ3) is 1.61. The van der Waals surface area contributed by atoms with E-state index in [-0.39, 0.29) is 0 Å². The van der Waals surface area contributed by atoms with Gasteiger partial charge in [0, 0.05) is 25.3 Å². The molecule has 0 radical (unpaired) electrons. The molecule has 0 atom stereocenters. The van der Waals surface area contributed by atoms with Gasteiger partial charge in [-0.1, -0.05) is 12.2 Å². The van der Waals surface area contributed by atoms with E-state index < -0.39 is 0 Å². The molecule has 2 N–H and O–H groups in total. The van der Waals surface area contributed by atoms with Crippen LogP contribution in [0, 0.1) is 0 Å². The van der Waals surface area contributed by atoms with E-state index in [0.29, 0.717) is 0 Å². The average Bonchev–Trinajstić information content (AvgIpc) is 1.94. The molecule has 0 aromatic heterocycles. The minimum absolute atomic E-state index is 0.735. The lowest BCUT2D eigenvalue weighted by Gasteiger charge is -2.24. The summed E-state index contributed by atoms with van der Waals surface area (Å²) in [5.41, 5.74) is 6.74. The Labute approximate surface area is 62.0 Å². The van der Waals surface area contributed by atoms with Crippen molar-refractivity contribution in [3.05, 3.63) is 23.9 Å². The van der Waals surface area contributed by atoms with Crippen molar-refractivity contribution in [2.75, 3.05) is 19.6 Å². The number of nitrogens with two attached hydrogens (primary N) is 1. The summed E-state index contributed by atoms with van der Waals surface area (Å²) in [5, 5.41) is 0. The normalized spacial score (nSPS) is 17.4. The molecule has 0 saturated heterocycles. The molecule has 1 rings (SSSR count). The van der Waals surface area contributed by atoms with Gasteiger partial charge in [-0.2, -0.15) is 0 Å².